The van der Waals surface area contributed by atoms with Crippen LogP contribution in [0.2, 0.25) is 0 Å². The lowest BCUT2D eigenvalue weighted by atomic mass is 9.91. The molecule has 1 aromatic carbocycles. The summed E-state index contributed by atoms with van der Waals surface area (Å²) in [6.07, 6.45) is 6.16. The predicted molar refractivity (Wildman–Crippen MR) is 136 cm³/mol. The van der Waals surface area contributed by atoms with Crippen LogP contribution in [0.1, 0.15) is 50.5 Å². The Hall–Kier alpha value is -1.44. The molecule has 2 aliphatic rings. The summed E-state index contributed by atoms with van der Waals surface area (Å²) in [5.41, 5.74) is 0.908. The van der Waals surface area contributed by atoms with Crippen molar-refractivity contribution >= 4 is 31.6 Å². The van der Waals surface area contributed by atoms with E-state index in [0.29, 0.717) is 6.42 Å². The van der Waals surface area contributed by atoms with Gasteiger partial charge in [-0.1, -0.05) is 49.6 Å². The van der Waals surface area contributed by atoms with Gasteiger partial charge in [0.25, 0.3) is 0 Å². The van der Waals surface area contributed by atoms with Crippen LogP contribution in [0.5, 0.6) is 0 Å². The minimum absolute atomic E-state index is 0. The SMILES string of the molecule is Cl.O=C(NC(Cc1ccccc1)C(=O)NCC(O)CP(=O)(O)CC1CCCCC1)C1CCCN1. The predicted octanol–water partition coefficient (Wildman–Crippen LogP) is 2.22. The van der Waals surface area contributed by atoms with Crippen LogP contribution in [0.15, 0.2) is 30.3 Å². The third-order valence-electron chi connectivity index (χ3n) is 6.57. The van der Waals surface area contributed by atoms with Crippen molar-refractivity contribution in [2.45, 2.75) is 69.6 Å². The number of hydrogen-bond donors (Lipinski definition) is 5. The van der Waals surface area contributed by atoms with Crippen LogP contribution < -0.4 is 16.0 Å². The Balaban J connectivity index is 0.00000408. The highest BCUT2D eigenvalue weighted by Gasteiger charge is 2.30. The zero-order valence-electron chi connectivity index (χ0n) is 19.7. The lowest BCUT2D eigenvalue weighted by Gasteiger charge is -2.25. The van der Waals surface area contributed by atoms with E-state index in [1.165, 1.54) is 6.42 Å². The van der Waals surface area contributed by atoms with E-state index in [-0.39, 0.29) is 49.1 Å². The van der Waals surface area contributed by atoms with E-state index in [1.807, 2.05) is 30.3 Å². The minimum Gasteiger partial charge on any atom is -0.391 e. The van der Waals surface area contributed by atoms with E-state index in [4.69, 9.17) is 0 Å². The first kappa shape index (κ1) is 28.8. The molecule has 8 nitrogen and oxygen atoms in total. The number of benzene rings is 1. The highest BCUT2D eigenvalue weighted by molar-refractivity contribution is 7.58. The number of aliphatic hydroxyl groups is 1. The molecule has 2 fully saturated rings. The van der Waals surface area contributed by atoms with Gasteiger partial charge in [0.05, 0.1) is 18.3 Å². The molecule has 3 rings (SSSR count). The van der Waals surface area contributed by atoms with Gasteiger partial charge >= 0.3 is 0 Å². The summed E-state index contributed by atoms with van der Waals surface area (Å²) in [5, 5.41) is 19.0. The topological polar surface area (TPSA) is 128 Å². The Morgan fingerprint density at radius 1 is 1.09 bits per heavy atom. The van der Waals surface area contributed by atoms with Crippen molar-refractivity contribution in [2.24, 2.45) is 5.92 Å². The number of aliphatic hydroxyl groups excluding tert-OH is 1. The average molecular weight is 516 g/mol. The lowest BCUT2D eigenvalue weighted by Crippen LogP contribution is -2.53. The fraction of sp³-hybridized carbons (Fsp3) is 0.667. The van der Waals surface area contributed by atoms with Crippen LogP contribution >= 0.6 is 19.8 Å². The zero-order valence-corrected chi connectivity index (χ0v) is 21.4. The highest BCUT2D eigenvalue weighted by atomic mass is 35.5. The van der Waals surface area contributed by atoms with E-state index >= 15 is 0 Å². The van der Waals surface area contributed by atoms with Crippen LogP contribution in [0.3, 0.4) is 0 Å². The number of rotatable bonds is 11. The second kappa shape index (κ2) is 14.2. The van der Waals surface area contributed by atoms with Crippen molar-refractivity contribution in [2.75, 3.05) is 25.4 Å². The maximum atomic E-state index is 12.9. The van der Waals surface area contributed by atoms with E-state index in [0.717, 1.165) is 50.6 Å². The van der Waals surface area contributed by atoms with Gasteiger partial charge in [0.15, 0.2) is 0 Å². The summed E-state index contributed by atoms with van der Waals surface area (Å²) in [7, 11) is -3.47. The summed E-state index contributed by atoms with van der Waals surface area (Å²) < 4.78 is 12.6. The van der Waals surface area contributed by atoms with Gasteiger partial charge < -0.3 is 26.0 Å². The van der Waals surface area contributed by atoms with Crippen molar-refractivity contribution in [3.05, 3.63) is 35.9 Å². The van der Waals surface area contributed by atoms with E-state index < -0.39 is 25.4 Å². The third kappa shape index (κ3) is 9.67. The van der Waals surface area contributed by atoms with Gasteiger partial charge in [-0.25, -0.2) is 0 Å². The second-order valence-electron chi connectivity index (χ2n) is 9.51. The Morgan fingerprint density at radius 3 is 2.44 bits per heavy atom. The average Bonchev–Trinajstić information content (AvgIpc) is 3.33. The Morgan fingerprint density at radius 2 is 1.79 bits per heavy atom. The Kier molecular flexibility index (Phi) is 12.0. The molecule has 34 heavy (non-hydrogen) atoms. The molecule has 4 unspecified atom stereocenters. The van der Waals surface area contributed by atoms with Gasteiger partial charge in [-0.2, -0.15) is 0 Å². The molecular formula is C24H39ClN3O5P. The molecule has 4 atom stereocenters. The summed E-state index contributed by atoms with van der Waals surface area (Å²) in [6.45, 7) is 0.652. The van der Waals surface area contributed by atoms with Crippen LogP contribution in [0.25, 0.3) is 0 Å². The van der Waals surface area contributed by atoms with Crippen LogP contribution in [0.4, 0.5) is 0 Å². The molecule has 5 N–H and O–H groups in total. The Bertz CT molecular complexity index is 816. The summed E-state index contributed by atoms with van der Waals surface area (Å²) in [5.74, 6) is -0.383. The molecule has 0 spiro atoms. The molecule has 1 saturated carbocycles. The monoisotopic (exact) mass is 515 g/mol. The van der Waals surface area contributed by atoms with Crippen LogP contribution in [0, 0.1) is 5.92 Å². The molecule has 2 amide bonds. The van der Waals surface area contributed by atoms with E-state index in [2.05, 4.69) is 16.0 Å². The first-order chi connectivity index (χ1) is 15.8. The maximum absolute atomic E-state index is 12.9. The molecular weight excluding hydrogens is 477 g/mol. The molecule has 1 heterocycles. The van der Waals surface area contributed by atoms with Gasteiger partial charge in [0.1, 0.15) is 6.04 Å². The van der Waals surface area contributed by atoms with Gasteiger partial charge in [-0.3, -0.25) is 14.2 Å². The normalized spacial score (nSPS) is 22.1. The quantitative estimate of drug-likeness (QED) is 0.287. The lowest BCUT2D eigenvalue weighted by molar-refractivity contribution is -0.130. The molecule has 1 aliphatic carbocycles. The minimum atomic E-state index is -3.47. The highest BCUT2D eigenvalue weighted by Crippen LogP contribution is 2.45. The van der Waals surface area contributed by atoms with Crippen molar-refractivity contribution in [1.29, 1.82) is 0 Å². The largest absolute Gasteiger partial charge is 0.391 e. The van der Waals surface area contributed by atoms with Crippen LogP contribution in [-0.4, -0.2) is 65.4 Å². The Labute approximate surface area is 208 Å². The number of carbonyl (C=O) groups excluding carboxylic acids is 2. The maximum Gasteiger partial charge on any atom is 0.243 e. The van der Waals surface area contributed by atoms with Gasteiger partial charge in [0, 0.05) is 19.1 Å². The summed E-state index contributed by atoms with van der Waals surface area (Å²) >= 11 is 0. The molecule has 1 saturated heterocycles. The number of nitrogens with one attached hydrogen (secondary N) is 3. The number of carbonyl (C=O) groups is 2. The first-order valence-electron chi connectivity index (χ1n) is 12.2. The molecule has 192 valence electrons. The number of amides is 2. The fourth-order valence-electron chi connectivity index (χ4n) is 4.82. The second-order valence-corrected chi connectivity index (χ2v) is 11.9. The van der Waals surface area contributed by atoms with Crippen molar-refractivity contribution in [1.82, 2.24) is 16.0 Å². The molecule has 10 heteroatoms. The van der Waals surface area contributed by atoms with E-state index in [1.54, 1.807) is 0 Å². The zero-order chi connectivity index (χ0) is 23.7. The summed E-state index contributed by atoms with van der Waals surface area (Å²) in [4.78, 5) is 35.9. The number of hydrogen-bond acceptors (Lipinski definition) is 5. The van der Waals surface area contributed by atoms with Crippen molar-refractivity contribution in [3.8, 4) is 0 Å². The number of halogens is 1. The van der Waals surface area contributed by atoms with E-state index in [9.17, 15) is 24.2 Å². The van der Waals surface area contributed by atoms with Crippen molar-refractivity contribution < 1.29 is 24.2 Å². The van der Waals surface area contributed by atoms with Crippen LogP contribution in [-0.2, 0) is 20.6 Å². The summed E-state index contributed by atoms with van der Waals surface area (Å²) in [6, 6.07) is 8.32. The molecule has 0 bridgehead atoms. The van der Waals surface area contributed by atoms with Gasteiger partial charge in [-0.05, 0) is 43.7 Å². The third-order valence-corrected chi connectivity index (χ3v) is 8.65. The molecule has 0 aromatic heterocycles. The van der Waals surface area contributed by atoms with Gasteiger partial charge in [0.2, 0.25) is 19.2 Å². The molecule has 1 aliphatic heterocycles. The smallest absolute Gasteiger partial charge is 0.243 e. The first-order valence-corrected chi connectivity index (χ1v) is 14.2. The molecule has 0 radical (unpaired) electrons. The van der Waals surface area contributed by atoms with Gasteiger partial charge in [-0.15, -0.1) is 12.4 Å². The standard InChI is InChI=1S/C24H38N3O5P.ClH/c28-20(17-33(31,32)16-19-10-5-2-6-11-19)15-26-23(29)22(14-18-8-3-1-4-9-18)27-24(30)21-12-7-13-25-21;/h1,3-4,8-9,19-22,25,28H,2,5-7,10-17H2,(H,26,29)(H,27,30)(H,31,32);1H. The van der Waals surface area contributed by atoms with Crippen molar-refractivity contribution in [3.63, 3.8) is 0 Å². The fourth-order valence-corrected chi connectivity index (χ4v) is 6.93. The molecule has 1 aromatic rings.